The molecule has 0 spiro atoms. The van der Waals surface area contributed by atoms with E-state index in [-0.39, 0.29) is 10.2 Å². The molecule has 98 valence electrons. The number of carbonyl (C=O) groups is 1. The quantitative estimate of drug-likeness (QED) is 0.876. The average Bonchev–Trinajstić information content (AvgIpc) is 2.34. The van der Waals surface area contributed by atoms with Crippen molar-refractivity contribution >= 4 is 21.9 Å². The van der Waals surface area contributed by atoms with E-state index >= 15 is 0 Å². The van der Waals surface area contributed by atoms with Gasteiger partial charge >= 0.3 is 5.97 Å². The van der Waals surface area contributed by atoms with E-state index < -0.39 is 17.2 Å². The summed E-state index contributed by atoms with van der Waals surface area (Å²) in [4.78, 5) is 11.6. The maximum absolute atomic E-state index is 13.3. The number of aromatic hydroxyl groups is 1. The van der Waals surface area contributed by atoms with Gasteiger partial charge in [0.1, 0.15) is 11.6 Å². The van der Waals surface area contributed by atoms with Gasteiger partial charge in [-0.05, 0) is 34.8 Å². The van der Waals surface area contributed by atoms with Crippen LogP contribution in [0.2, 0.25) is 0 Å². The van der Waals surface area contributed by atoms with E-state index in [4.69, 9.17) is 0 Å². The number of carboxylic acid groups (broad SMARTS) is 1. The fourth-order valence-corrected chi connectivity index (χ4v) is 3.02. The van der Waals surface area contributed by atoms with E-state index in [0.717, 1.165) is 25.3 Å². The molecule has 0 saturated heterocycles. The van der Waals surface area contributed by atoms with Crippen LogP contribution in [0.1, 0.15) is 37.7 Å². The van der Waals surface area contributed by atoms with Crippen LogP contribution in [0.15, 0.2) is 16.6 Å². The molecule has 1 fully saturated rings. The molecular formula is C13H14BrFO3. The van der Waals surface area contributed by atoms with Crippen LogP contribution >= 0.6 is 15.9 Å². The molecule has 0 radical (unpaired) electrons. The zero-order valence-corrected chi connectivity index (χ0v) is 11.3. The van der Waals surface area contributed by atoms with E-state index in [1.165, 1.54) is 6.07 Å². The number of phenols is 1. The molecule has 5 heteroatoms. The molecule has 1 aliphatic rings. The molecular weight excluding hydrogens is 303 g/mol. The van der Waals surface area contributed by atoms with Crippen LogP contribution in [-0.4, -0.2) is 16.2 Å². The zero-order chi connectivity index (χ0) is 13.3. The molecule has 1 aliphatic carbocycles. The first-order chi connectivity index (χ1) is 8.47. The fourth-order valence-electron chi connectivity index (χ4n) is 2.67. The van der Waals surface area contributed by atoms with Crippen molar-refractivity contribution < 1.29 is 19.4 Å². The van der Waals surface area contributed by atoms with Gasteiger partial charge in [0.2, 0.25) is 0 Å². The Kier molecular flexibility index (Phi) is 3.61. The molecule has 0 amide bonds. The lowest BCUT2D eigenvalue weighted by atomic mass is 9.69. The minimum atomic E-state index is -1.08. The van der Waals surface area contributed by atoms with Crippen molar-refractivity contribution in [2.24, 2.45) is 0 Å². The lowest BCUT2D eigenvalue weighted by molar-refractivity contribution is -0.145. The summed E-state index contributed by atoms with van der Waals surface area (Å²) in [6.07, 6.45) is 3.57. The van der Waals surface area contributed by atoms with Gasteiger partial charge in [-0.15, -0.1) is 0 Å². The van der Waals surface area contributed by atoms with Crippen LogP contribution in [0.25, 0.3) is 0 Å². The van der Waals surface area contributed by atoms with Gasteiger partial charge in [0.15, 0.2) is 0 Å². The van der Waals surface area contributed by atoms with Crippen molar-refractivity contribution in [3.05, 3.63) is 28.0 Å². The number of carboxylic acids is 1. The van der Waals surface area contributed by atoms with Crippen molar-refractivity contribution in [2.75, 3.05) is 0 Å². The highest BCUT2D eigenvalue weighted by molar-refractivity contribution is 9.10. The second-order valence-electron chi connectivity index (χ2n) is 4.73. The Balaban J connectivity index is 2.55. The first-order valence-electron chi connectivity index (χ1n) is 5.89. The third-order valence-electron chi connectivity index (χ3n) is 3.67. The Morgan fingerprint density at radius 1 is 1.28 bits per heavy atom. The summed E-state index contributed by atoms with van der Waals surface area (Å²) in [5.41, 5.74) is -0.776. The van der Waals surface area contributed by atoms with E-state index in [9.17, 15) is 19.4 Å². The maximum atomic E-state index is 13.3. The average molecular weight is 317 g/mol. The molecule has 0 heterocycles. The smallest absolute Gasteiger partial charge is 0.314 e. The molecule has 0 atom stereocenters. The minimum absolute atomic E-state index is 0.182. The lowest BCUT2D eigenvalue weighted by Gasteiger charge is -2.34. The van der Waals surface area contributed by atoms with E-state index in [1.807, 2.05) is 0 Å². The van der Waals surface area contributed by atoms with Crippen molar-refractivity contribution in [3.8, 4) is 5.75 Å². The van der Waals surface area contributed by atoms with E-state index in [1.54, 1.807) is 0 Å². The monoisotopic (exact) mass is 316 g/mol. The normalized spacial score (nSPS) is 18.6. The summed E-state index contributed by atoms with van der Waals surface area (Å²) < 4.78 is 13.5. The van der Waals surface area contributed by atoms with E-state index in [2.05, 4.69) is 15.9 Å². The summed E-state index contributed by atoms with van der Waals surface area (Å²) in [6, 6.07) is 2.36. The molecule has 3 nitrogen and oxygen atoms in total. The molecule has 0 aliphatic heterocycles. The summed E-state index contributed by atoms with van der Waals surface area (Å²) in [6.45, 7) is 0. The number of halogens is 2. The predicted octanol–water partition coefficient (Wildman–Crippen LogP) is 3.58. The molecule has 18 heavy (non-hydrogen) atoms. The third kappa shape index (κ3) is 2.11. The molecule has 1 saturated carbocycles. The Bertz CT molecular complexity index is 481. The number of aliphatic carboxylic acids is 1. The number of phenolic OH excluding ortho intramolecular Hbond substituents is 1. The number of hydrogen-bond acceptors (Lipinski definition) is 2. The Labute approximate surface area is 113 Å². The molecule has 0 bridgehead atoms. The number of rotatable bonds is 2. The molecule has 2 rings (SSSR count). The van der Waals surface area contributed by atoms with Gasteiger partial charge < -0.3 is 10.2 Å². The SMILES string of the molecule is O=C(O)C1(c2cc(Br)c(F)cc2O)CCCCC1. The van der Waals surface area contributed by atoms with Crippen molar-refractivity contribution in [1.82, 2.24) is 0 Å². The van der Waals surface area contributed by atoms with Gasteiger partial charge in [-0.25, -0.2) is 4.39 Å². The van der Waals surface area contributed by atoms with Crippen molar-refractivity contribution in [2.45, 2.75) is 37.5 Å². The van der Waals surface area contributed by atoms with Crippen LogP contribution in [0, 0.1) is 5.82 Å². The van der Waals surface area contributed by atoms with Crippen LogP contribution < -0.4 is 0 Å². The lowest BCUT2D eigenvalue weighted by Crippen LogP contribution is -2.38. The van der Waals surface area contributed by atoms with E-state index in [0.29, 0.717) is 18.4 Å². The van der Waals surface area contributed by atoms with Gasteiger partial charge in [-0.3, -0.25) is 4.79 Å². The molecule has 2 N–H and O–H groups in total. The minimum Gasteiger partial charge on any atom is -0.508 e. The Morgan fingerprint density at radius 2 is 1.89 bits per heavy atom. The van der Waals surface area contributed by atoms with Crippen molar-refractivity contribution in [1.29, 1.82) is 0 Å². The Hall–Kier alpha value is -1.10. The summed E-state index contributed by atoms with van der Waals surface area (Å²) in [5.74, 6) is -1.82. The van der Waals surface area contributed by atoms with Gasteiger partial charge in [0.25, 0.3) is 0 Å². The summed E-state index contributed by atoms with van der Waals surface area (Å²) >= 11 is 3.04. The summed E-state index contributed by atoms with van der Waals surface area (Å²) in [7, 11) is 0. The van der Waals surface area contributed by atoms with Crippen LogP contribution in [0.4, 0.5) is 4.39 Å². The van der Waals surface area contributed by atoms with Gasteiger partial charge in [0.05, 0.1) is 9.89 Å². The van der Waals surface area contributed by atoms with Crippen LogP contribution in [0.3, 0.4) is 0 Å². The fraction of sp³-hybridized carbons (Fsp3) is 0.462. The third-order valence-corrected chi connectivity index (χ3v) is 4.28. The topological polar surface area (TPSA) is 57.5 Å². The highest BCUT2D eigenvalue weighted by Crippen LogP contribution is 2.44. The van der Waals surface area contributed by atoms with Gasteiger partial charge in [-0.2, -0.15) is 0 Å². The zero-order valence-electron chi connectivity index (χ0n) is 9.75. The van der Waals surface area contributed by atoms with Gasteiger partial charge in [0, 0.05) is 11.6 Å². The largest absolute Gasteiger partial charge is 0.508 e. The van der Waals surface area contributed by atoms with Crippen LogP contribution in [0.5, 0.6) is 5.75 Å². The first kappa shape index (κ1) is 13.3. The molecule has 1 aromatic rings. The van der Waals surface area contributed by atoms with Crippen molar-refractivity contribution in [3.63, 3.8) is 0 Å². The first-order valence-corrected chi connectivity index (χ1v) is 6.68. The second-order valence-corrected chi connectivity index (χ2v) is 5.59. The Morgan fingerprint density at radius 3 is 2.44 bits per heavy atom. The predicted molar refractivity (Wildman–Crippen MR) is 68.2 cm³/mol. The molecule has 1 aromatic carbocycles. The number of benzene rings is 1. The number of hydrogen-bond donors (Lipinski definition) is 2. The molecule has 0 unspecified atom stereocenters. The van der Waals surface area contributed by atoms with Gasteiger partial charge in [-0.1, -0.05) is 19.3 Å². The maximum Gasteiger partial charge on any atom is 0.314 e. The summed E-state index contributed by atoms with van der Waals surface area (Å²) in [5, 5.41) is 19.4. The molecule has 0 aromatic heterocycles. The highest BCUT2D eigenvalue weighted by atomic mass is 79.9. The standard InChI is InChI=1S/C13H14BrFO3/c14-9-6-8(11(16)7-10(9)15)13(12(17)18)4-2-1-3-5-13/h6-7,16H,1-5H2,(H,17,18). The second kappa shape index (κ2) is 4.88. The van der Waals surface area contributed by atoms with Crippen LogP contribution in [-0.2, 0) is 10.2 Å². The highest BCUT2D eigenvalue weighted by Gasteiger charge is 2.43.